The molecule has 1 heterocycles. The quantitative estimate of drug-likeness (QED) is 0.199. The van der Waals surface area contributed by atoms with Crippen LogP contribution in [0.5, 0.6) is 0 Å². The standard InChI is InChI=1S/C20H28N4O7/c25-10-15(19(29)24-16(11-26)20(30)31)23-18(28)14(9-12-5-2-1-3-6-12)22-17(27)13-7-4-8-21-13/h1-3,5-6,13-16,21,25-26H,4,7-11H2,(H,22,27)(H,23,28)(H,24,29)(H,30,31). The molecule has 1 aliphatic rings. The maximum absolute atomic E-state index is 12.9. The number of carboxylic acids is 1. The zero-order valence-corrected chi connectivity index (χ0v) is 16.9. The second-order valence-corrected chi connectivity index (χ2v) is 7.23. The Morgan fingerprint density at radius 1 is 0.935 bits per heavy atom. The fraction of sp³-hybridized carbons (Fsp3) is 0.500. The smallest absolute Gasteiger partial charge is 0.328 e. The zero-order chi connectivity index (χ0) is 22.8. The van der Waals surface area contributed by atoms with Gasteiger partial charge >= 0.3 is 5.97 Å². The Balaban J connectivity index is 2.09. The van der Waals surface area contributed by atoms with Crippen LogP contribution in [0.3, 0.4) is 0 Å². The number of nitrogens with one attached hydrogen (secondary N) is 4. The number of rotatable bonds is 11. The molecule has 3 amide bonds. The van der Waals surface area contributed by atoms with Crippen LogP contribution in [0.25, 0.3) is 0 Å². The molecule has 0 spiro atoms. The number of carboxylic acid groups (broad SMARTS) is 1. The number of amides is 3. The van der Waals surface area contributed by atoms with Crippen LogP contribution in [-0.4, -0.2) is 82.9 Å². The van der Waals surface area contributed by atoms with E-state index in [-0.39, 0.29) is 12.3 Å². The molecule has 0 radical (unpaired) electrons. The summed E-state index contributed by atoms with van der Waals surface area (Å²) < 4.78 is 0. The molecule has 0 aromatic heterocycles. The van der Waals surface area contributed by atoms with Crippen LogP contribution in [0.15, 0.2) is 30.3 Å². The number of aliphatic hydroxyl groups excluding tert-OH is 2. The lowest BCUT2D eigenvalue weighted by Gasteiger charge is -2.24. The monoisotopic (exact) mass is 436 g/mol. The molecule has 7 N–H and O–H groups in total. The van der Waals surface area contributed by atoms with Crippen molar-refractivity contribution < 1.29 is 34.5 Å². The molecule has 1 aromatic rings. The molecule has 1 aromatic carbocycles. The highest BCUT2D eigenvalue weighted by Gasteiger charge is 2.31. The Morgan fingerprint density at radius 3 is 2.10 bits per heavy atom. The summed E-state index contributed by atoms with van der Waals surface area (Å²) in [5.41, 5.74) is 0.776. The second kappa shape index (κ2) is 12.0. The van der Waals surface area contributed by atoms with Crippen LogP contribution < -0.4 is 21.3 Å². The van der Waals surface area contributed by atoms with Gasteiger partial charge in [-0.2, -0.15) is 0 Å². The third-order valence-corrected chi connectivity index (χ3v) is 4.91. The highest BCUT2D eigenvalue weighted by molar-refractivity contribution is 5.94. The van der Waals surface area contributed by atoms with E-state index in [0.29, 0.717) is 13.0 Å². The van der Waals surface area contributed by atoms with Gasteiger partial charge in [0.2, 0.25) is 17.7 Å². The maximum Gasteiger partial charge on any atom is 0.328 e. The molecule has 170 valence electrons. The summed E-state index contributed by atoms with van der Waals surface area (Å²) in [6, 6.07) is 4.49. The third kappa shape index (κ3) is 7.31. The maximum atomic E-state index is 12.9. The normalized spacial score (nSPS) is 18.5. The van der Waals surface area contributed by atoms with Gasteiger partial charge in [-0.25, -0.2) is 4.79 Å². The average Bonchev–Trinajstić information content (AvgIpc) is 3.30. The van der Waals surface area contributed by atoms with Gasteiger partial charge in [-0.05, 0) is 24.9 Å². The van der Waals surface area contributed by atoms with E-state index in [9.17, 15) is 24.3 Å². The minimum atomic E-state index is -1.58. The van der Waals surface area contributed by atoms with E-state index in [1.165, 1.54) is 0 Å². The Morgan fingerprint density at radius 2 is 1.55 bits per heavy atom. The zero-order valence-electron chi connectivity index (χ0n) is 16.9. The molecule has 1 fully saturated rings. The molecule has 11 nitrogen and oxygen atoms in total. The van der Waals surface area contributed by atoms with E-state index in [1.54, 1.807) is 24.3 Å². The first-order valence-corrected chi connectivity index (χ1v) is 9.98. The van der Waals surface area contributed by atoms with Crippen LogP contribution in [0.4, 0.5) is 0 Å². The molecule has 4 atom stereocenters. The fourth-order valence-corrected chi connectivity index (χ4v) is 3.16. The summed E-state index contributed by atoms with van der Waals surface area (Å²) >= 11 is 0. The summed E-state index contributed by atoms with van der Waals surface area (Å²) in [5.74, 6) is -3.48. The van der Waals surface area contributed by atoms with Crippen LogP contribution in [-0.2, 0) is 25.6 Å². The van der Waals surface area contributed by atoms with Crippen molar-refractivity contribution in [2.45, 2.75) is 43.4 Å². The third-order valence-electron chi connectivity index (χ3n) is 4.91. The van der Waals surface area contributed by atoms with Gasteiger partial charge in [-0.1, -0.05) is 30.3 Å². The first-order chi connectivity index (χ1) is 14.8. The summed E-state index contributed by atoms with van der Waals surface area (Å²) in [4.78, 5) is 48.6. The summed E-state index contributed by atoms with van der Waals surface area (Å²) in [5, 5.41) is 37.6. The van der Waals surface area contributed by atoms with Gasteiger partial charge in [-0.15, -0.1) is 0 Å². The number of hydrogen-bond acceptors (Lipinski definition) is 7. The van der Waals surface area contributed by atoms with Gasteiger partial charge < -0.3 is 36.6 Å². The molecule has 2 rings (SSSR count). The van der Waals surface area contributed by atoms with Crippen molar-refractivity contribution in [1.82, 2.24) is 21.3 Å². The molecular formula is C20H28N4O7. The van der Waals surface area contributed by atoms with Gasteiger partial charge in [0.25, 0.3) is 0 Å². The van der Waals surface area contributed by atoms with Crippen LogP contribution in [0.1, 0.15) is 18.4 Å². The molecule has 4 unspecified atom stereocenters. The van der Waals surface area contributed by atoms with E-state index >= 15 is 0 Å². The minimum Gasteiger partial charge on any atom is -0.480 e. The number of hydrogen-bond donors (Lipinski definition) is 7. The molecule has 0 saturated carbocycles. The molecule has 0 aliphatic carbocycles. The largest absolute Gasteiger partial charge is 0.480 e. The van der Waals surface area contributed by atoms with E-state index in [0.717, 1.165) is 12.0 Å². The van der Waals surface area contributed by atoms with Crippen molar-refractivity contribution in [2.75, 3.05) is 19.8 Å². The fourth-order valence-electron chi connectivity index (χ4n) is 3.16. The van der Waals surface area contributed by atoms with Crippen molar-refractivity contribution in [2.24, 2.45) is 0 Å². The Bertz CT molecular complexity index is 768. The highest BCUT2D eigenvalue weighted by Crippen LogP contribution is 2.08. The average molecular weight is 436 g/mol. The van der Waals surface area contributed by atoms with Crippen LogP contribution >= 0.6 is 0 Å². The van der Waals surface area contributed by atoms with Crippen molar-refractivity contribution in [3.05, 3.63) is 35.9 Å². The predicted octanol–water partition coefficient (Wildman–Crippen LogP) is -2.50. The highest BCUT2D eigenvalue weighted by atomic mass is 16.4. The van der Waals surface area contributed by atoms with E-state index in [4.69, 9.17) is 10.2 Å². The van der Waals surface area contributed by atoms with E-state index in [1.807, 2.05) is 11.4 Å². The number of benzene rings is 1. The van der Waals surface area contributed by atoms with Crippen molar-refractivity contribution in [3.8, 4) is 0 Å². The van der Waals surface area contributed by atoms with Crippen molar-refractivity contribution in [3.63, 3.8) is 0 Å². The Hall–Kier alpha value is -3.02. The summed E-state index contributed by atoms with van der Waals surface area (Å²) in [7, 11) is 0. The Kier molecular flexibility index (Phi) is 9.38. The van der Waals surface area contributed by atoms with Gasteiger partial charge in [0.05, 0.1) is 19.3 Å². The number of carbonyl (C=O) groups excluding carboxylic acids is 3. The van der Waals surface area contributed by atoms with Crippen LogP contribution in [0, 0.1) is 0 Å². The number of aliphatic hydroxyl groups is 2. The van der Waals surface area contributed by atoms with E-state index < -0.39 is 55.2 Å². The number of carbonyl (C=O) groups is 4. The number of aliphatic carboxylic acids is 1. The molecule has 31 heavy (non-hydrogen) atoms. The first-order valence-electron chi connectivity index (χ1n) is 9.98. The first kappa shape index (κ1) is 24.3. The lowest BCUT2D eigenvalue weighted by Crippen LogP contribution is -2.58. The predicted molar refractivity (Wildman–Crippen MR) is 109 cm³/mol. The molecule has 1 aliphatic heterocycles. The molecule has 11 heteroatoms. The topological polar surface area (TPSA) is 177 Å². The Labute approximate surface area is 179 Å². The van der Waals surface area contributed by atoms with Gasteiger partial charge in [0.15, 0.2) is 0 Å². The summed E-state index contributed by atoms with van der Waals surface area (Å²) in [6.07, 6.45) is 1.64. The van der Waals surface area contributed by atoms with Crippen molar-refractivity contribution >= 4 is 23.7 Å². The lowest BCUT2D eigenvalue weighted by atomic mass is 10.0. The SMILES string of the molecule is O=C(O)C(CO)NC(=O)C(CO)NC(=O)C(Cc1ccccc1)NC(=O)C1CCCN1. The molecule has 0 bridgehead atoms. The molecular weight excluding hydrogens is 408 g/mol. The molecule has 1 saturated heterocycles. The van der Waals surface area contributed by atoms with Crippen molar-refractivity contribution in [1.29, 1.82) is 0 Å². The lowest BCUT2D eigenvalue weighted by molar-refractivity contribution is -0.143. The van der Waals surface area contributed by atoms with Gasteiger partial charge in [-0.3, -0.25) is 14.4 Å². The minimum absolute atomic E-state index is 0.152. The van der Waals surface area contributed by atoms with Gasteiger partial charge in [0, 0.05) is 6.42 Å². The van der Waals surface area contributed by atoms with Crippen LogP contribution in [0.2, 0.25) is 0 Å². The van der Waals surface area contributed by atoms with E-state index in [2.05, 4.69) is 16.0 Å². The summed E-state index contributed by atoms with van der Waals surface area (Å²) in [6.45, 7) is -0.949. The second-order valence-electron chi connectivity index (χ2n) is 7.23. The van der Waals surface area contributed by atoms with Gasteiger partial charge in [0.1, 0.15) is 18.1 Å².